The van der Waals surface area contributed by atoms with Crippen LogP contribution in [0.25, 0.3) is 0 Å². The molecule has 2 unspecified atom stereocenters. The van der Waals surface area contributed by atoms with E-state index in [-0.39, 0.29) is 24.8 Å². The first-order valence-corrected chi connectivity index (χ1v) is 47.3. The van der Waals surface area contributed by atoms with Gasteiger partial charge in [-0.2, -0.15) is 0 Å². The summed E-state index contributed by atoms with van der Waals surface area (Å²) >= 11 is -5.26. The Bertz CT molecular complexity index is 2450. The van der Waals surface area contributed by atoms with Crippen LogP contribution in [-0.4, -0.2) is 12.0 Å². The quantitative estimate of drug-likeness (QED) is 0.114. The molecule has 2 nitrogen and oxygen atoms in total. The average molecular weight is 1310 g/mol. The van der Waals surface area contributed by atoms with Gasteiger partial charge in [0.2, 0.25) is 0 Å². The molecule has 68 heavy (non-hydrogen) atoms. The smallest absolute Gasteiger partial charge is 1.00 e. The third-order valence-corrected chi connectivity index (χ3v) is 68.2. The molecule has 0 heterocycles. The van der Waals surface area contributed by atoms with Crippen molar-refractivity contribution >= 4 is 44.1 Å². The number of allylic oxidation sites excluding steroid dienone is 8. The van der Waals surface area contributed by atoms with Gasteiger partial charge in [-0.3, -0.25) is 0 Å². The van der Waals surface area contributed by atoms with Gasteiger partial charge in [-0.1, -0.05) is 0 Å². The maximum Gasteiger partial charge on any atom is -1.00 e. The van der Waals surface area contributed by atoms with Crippen molar-refractivity contribution in [2.45, 2.75) is 94.9 Å². The van der Waals surface area contributed by atoms with E-state index in [9.17, 15) is 0 Å². The fourth-order valence-corrected chi connectivity index (χ4v) is 72.3. The fourth-order valence-electron chi connectivity index (χ4n) is 10.3. The molecule has 0 radical (unpaired) electrons. The summed E-state index contributed by atoms with van der Waals surface area (Å²) in [5.41, 5.74) is 14.9. The predicted octanol–water partition coefficient (Wildman–Crippen LogP) is 7.11. The Morgan fingerprint density at radius 2 is 0.618 bits per heavy atom. The second kappa shape index (κ2) is 25.7. The van der Waals surface area contributed by atoms with Crippen molar-refractivity contribution < 1.29 is 66.6 Å². The van der Waals surface area contributed by atoms with Crippen molar-refractivity contribution in [2.75, 3.05) is 6.61 Å². The zero-order valence-corrected chi connectivity index (χ0v) is 53.4. The average Bonchev–Trinajstić information content (AvgIpc) is 3.65. The van der Waals surface area contributed by atoms with Crippen LogP contribution < -0.4 is 52.2 Å². The maximum atomic E-state index is 4.36. The number of hydrogen-bond acceptors (Lipinski definition) is 2. The predicted molar refractivity (Wildman–Crippen MR) is 287 cm³/mol. The number of para-hydroxylation sites is 2. The molecule has 0 aliphatic heterocycles. The van der Waals surface area contributed by atoms with E-state index in [0.717, 1.165) is 0 Å². The van der Waals surface area contributed by atoms with E-state index >= 15 is 0 Å². The molecule has 8 heteroatoms. The van der Waals surface area contributed by atoms with Crippen LogP contribution in [0.2, 0.25) is 0 Å². The Kier molecular flexibility index (Phi) is 21.0. The second-order valence-corrected chi connectivity index (χ2v) is 57.1. The van der Waals surface area contributed by atoms with Gasteiger partial charge in [0, 0.05) is 0 Å². The molecule has 0 spiro atoms. The molecule has 0 bridgehead atoms. The summed E-state index contributed by atoms with van der Waals surface area (Å²) in [4.78, 5) is 0. The number of hydrogen-bond donors (Lipinski definition) is 2. The van der Waals surface area contributed by atoms with Crippen molar-refractivity contribution in [2.24, 2.45) is 11.8 Å². The summed E-state index contributed by atoms with van der Waals surface area (Å²) < 4.78 is 12.3. The van der Waals surface area contributed by atoms with Gasteiger partial charge in [-0.15, -0.1) is 0 Å². The molecule has 0 aromatic heterocycles. The van der Waals surface area contributed by atoms with Crippen molar-refractivity contribution in [3.63, 3.8) is 0 Å². The molecule has 0 amide bonds. The van der Waals surface area contributed by atoms with Gasteiger partial charge in [0.05, 0.1) is 0 Å². The normalized spacial score (nSPS) is 15.7. The van der Waals surface area contributed by atoms with E-state index in [0.29, 0.717) is 23.7 Å². The number of anilines is 2. The number of benzene rings is 6. The van der Waals surface area contributed by atoms with Crippen LogP contribution in [0.5, 0.6) is 0 Å². The van der Waals surface area contributed by atoms with Crippen LogP contribution in [0.4, 0.5) is 11.4 Å². The molecule has 2 atom stereocenters. The summed E-state index contributed by atoms with van der Waals surface area (Å²) in [5.74, 6) is -0.796. The summed E-state index contributed by atoms with van der Waals surface area (Å²) in [5, 5.41) is 6.32. The van der Waals surface area contributed by atoms with Crippen LogP contribution in [0.15, 0.2) is 210 Å². The Morgan fingerprint density at radius 3 is 0.853 bits per heavy atom. The summed E-state index contributed by atoms with van der Waals surface area (Å²) in [7, 11) is 0. The molecule has 0 saturated carbocycles. The first kappa shape index (κ1) is 55.6. The maximum absolute atomic E-state index is 4.36. The first-order chi connectivity index (χ1) is 31.8. The monoisotopic (exact) mass is 1310 g/mol. The van der Waals surface area contributed by atoms with E-state index in [1.165, 1.54) is 33.6 Å². The van der Waals surface area contributed by atoms with Gasteiger partial charge in [0.1, 0.15) is 0 Å². The minimum Gasteiger partial charge on any atom is -1.00 e. The molecule has 6 aromatic rings. The molecule has 2 aliphatic rings. The van der Waals surface area contributed by atoms with Gasteiger partial charge in [-0.05, 0) is 0 Å². The van der Waals surface area contributed by atoms with Crippen LogP contribution >= 0.6 is 0 Å². The van der Waals surface area contributed by atoms with Crippen LogP contribution in [0.3, 0.4) is 0 Å². The minimum atomic E-state index is -2.63. The van der Waals surface area contributed by atoms with E-state index in [1.54, 1.807) is 49.7 Å². The van der Waals surface area contributed by atoms with Crippen molar-refractivity contribution in [3.05, 3.63) is 221 Å². The standard InChI is InChI=1S/2C12H11Si.2C9H12N.2C9H13.2ClH.2Hf/c2*1-3-7-11(8-4-1)13-12-9-5-2-6-10-12;2*1-7(2)8-5-3-4-6-9(8)10;2*1-6-5-7(2)9(4)8(6)3;;;;/h2*1-10,13H;2*3-7,10H,1-2H3;2*6H,1-4H3;2*1H;;/q;;2*-1;;;;;2*+2/p-2. The van der Waals surface area contributed by atoms with Crippen LogP contribution in [0.1, 0.15) is 106 Å². The van der Waals surface area contributed by atoms with E-state index in [2.05, 4.69) is 260 Å². The summed E-state index contributed by atoms with van der Waals surface area (Å²) in [6, 6.07) is 63.7. The molecule has 2 aliphatic carbocycles. The van der Waals surface area contributed by atoms with Gasteiger partial charge in [0.15, 0.2) is 0 Å². The van der Waals surface area contributed by atoms with Crippen LogP contribution in [0, 0.1) is 11.8 Å². The SMILES string of the molecule is CC1=C(C)C(C)[C]([Hf+]([NH]c2ccccc2C(C)C)[SiH](c2ccccc2)c2ccccc2)=C1C.CC1=C(C)C(C)[C]([Hf+]([NH]c2ccccc2C(C)C)[SiH](c2ccccc2)c2ccccc2)=C1C.[Cl-].[Cl-]. The second-order valence-electron chi connectivity index (χ2n) is 19.2. The van der Waals surface area contributed by atoms with E-state index in [1.807, 2.05) is 0 Å². The topological polar surface area (TPSA) is 24.1 Å². The fraction of sp³-hybridized carbons (Fsp3) is 0.267. The van der Waals surface area contributed by atoms with Crippen molar-refractivity contribution in [1.29, 1.82) is 0 Å². The number of nitrogens with one attached hydrogen (secondary N) is 2. The van der Waals surface area contributed by atoms with Crippen molar-refractivity contribution in [1.82, 2.24) is 0 Å². The molecular weight excluding hydrogens is 1230 g/mol. The molecule has 352 valence electrons. The number of rotatable bonds is 14. The van der Waals surface area contributed by atoms with Crippen LogP contribution in [-0.2, 0) is 41.8 Å². The van der Waals surface area contributed by atoms with Gasteiger partial charge in [-0.25, -0.2) is 0 Å². The summed E-state index contributed by atoms with van der Waals surface area (Å²) in [6.45, 7) is 28.3. The Balaban J connectivity index is 0.000000247. The largest absolute Gasteiger partial charge is 1.00 e. The molecular formula is C60H72Cl2Hf2N2Si2. The molecule has 2 N–H and O–H groups in total. The van der Waals surface area contributed by atoms with Crippen molar-refractivity contribution in [3.8, 4) is 0 Å². The van der Waals surface area contributed by atoms with Gasteiger partial charge >= 0.3 is 420 Å². The zero-order chi connectivity index (χ0) is 47.1. The molecule has 0 saturated heterocycles. The van der Waals surface area contributed by atoms with E-state index in [4.69, 9.17) is 0 Å². The molecule has 8 rings (SSSR count). The Labute approximate surface area is 440 Å². The Morgan fingerprint density at radius 1 is 0.368 bits per heavy atom. The van der Waals surface area contributed by atoms with E-state index < -0.39 is 53.8 Å². The molecule has 6 aromatic carbocycles. The number of halogens is 2. The molecule has 0 fully saturated rings. The zero-order valence-electron chi connectivity index (χ0n) is 42.4. The minimum absolute atomic E-state index is 0. The van der Waals surface area contributed by atoms with Gasteiger partial charge in [0.25, 0.3) is 0 Å². The third kappa shape index (κ3) is 12.4. The van der Waals surface area contributed by atoms with Gasteiger partial charge < -0.3 is 24.8 Å². The Hall–Kier alpha value is -3.37. The summed E-state index contributed by atoms with van der Waals surface area (Å²) in [6.07, 6.45) is 0. The third-order valence-electron chi connectivity index (χ3n) is 14.7. The first-order valence-electron chi connectivity index (χ1n) is 24.2.